The Morgan fingerprint density at radius 1 is 1.03 bits per heavy atom. The molecule has 182 valence electrons. The summed E-state index contributed by atoms with van der Waals surface area (Å²) in [7, 11) is 0. The molecule has 7 heteroatoms. The summed E-state index contributed by atoms with van der Waals surface area (Å²) in [6.45, 7) is 10.7. The summed E-state index contributed by atoms with van der Waals surface area (Å²) in [5, 5.41) is 10.9. The van der Waals surface area contributed by atoms with E-state index in [1.54, 1.807) is 0 Å². The van der Waals surface area contributed by atoms with E-state index in [9.17, 15) is 0 Å². The number of ether oxygens (including phenoxy) is 2. The minimum atomic E-state index is -0.0487. The molecule has 0 aromatic heterocycles. The number of nitrogens with zero attached hydrogens (tertiary/aromatic N) is 1. The largest absolute Gasteiger partial charge is 0.494 e. The fourth-order valence-corrected chi connectivity index (χ4v) is 4.11. The van der Waals surface area contributed by atoms with Gasteiger partial charge in [-0.3, -0.25) is 0 Å². The number of para-hydroxylation sites is 1. The van der Waals surface area contributed by atoms with E-state index >= 15 is 0 Å². The van der Waals surface area contributed by atoms with Crippen LogP contribution in [0.2, 0.25) is 0 Å². The second kappa shape index (κ2) is 14.4. The number of benzene rings is 2. The molecule has 3 N–H and O–H groups in total. The molecule has 0 spiro atoms. The fourth-order valence-electron chi connectivity index (χ4n) is 4.11. The second-order valence-electron chi connectivity index (χ2n) is 8.26. The van der Waals surface area contributed by atoms with Gasteiger partial charge in [0.15, 0.2) is 5.96 Å². The molecule has 1 saturated heterocycles. The highest BCUT2D eigenvalue weighted by molar-refractivity contribution is 14.0. The third kappa shape index (κ3) is 8.46. The number of guanidine groups is 1. The van der Waals surface area contributed by atoms with Gasteiger partial charge in [-0.2, -0.15) is 0 Å². The standard InChI is InChI=1S/C26H38N4O2.HI/c1-4-27-25(28-19-23-13-9-10-14-24(23)32-5-2)29-20-26(15-17-31-18-16-26)30-21(3)22-11-7-6-8-12-22;/h6-14,21,30H,4-5,15-20H2,1-3H3,(H2,27,28,29);1H. The zero-order valence-corrected chi connectivity index (χ0v) is 22.4. The Morgan fingerprint density at radius 3 is 2.42 bits per heavy atom. The van der Waals surface area contributed by atoms with Crippen molar-refractivity contribution in [2.24, 2.45) is 4.99 Å². The maximum absolute atomic E-state index is 5.75. The fraction of sp³-hybridized carbons (Fsp3) is 0.500. The monoisotopic (exact) mass is 566 g/mol. The van der Waals surface area contributed by atoms with Crippen molar-refractivity contribution in [1.29, 1.82) is 0 Å². The smallest absolute Gasteiger partial charge is 0.191 e. The van der Waals surface area contributed by atoms with Gasteiger partial charge in [0.2, 0.25) is 0 Å². The summed E-state index contributed by atoms with van der Waals surface area (Å²) >= 11 is 0. The van der Waals surface area contributed by atoms with Crippen molar-refractivity contribution in [3.63, 3.8) is 0 Å². The molecule has 0 aliphatic carbocycles. The van der Waals surface area contributed by atoms with Crippen LogP contribution < -0.4 is 20.7 Å². The third-order valence-corrected chi connectivity index (χ3v) is 5.89. The minimum Gasteiger partial charge on any atom is -0.494 e. The van der Waals surface area contributed by atoms with Crippen molar-refractivity contribution >= 4 is 29.9 Å². The molecular weight excluding hydrogens is 527 g/mol. The lowest BCUT2D eigenvalue weighted by molar-refractivity contribution is 0.0355. The maximum Gasteiger partial charge on any atom is 0.191 e. The van der Waals surface area contributed by atoms with Crippen molar-refractivity contribution in [2.45, 2.75) is 51.7 Å². The Bertz CT molecular complexity index is 841. The summed E-state index contributed by atoms with van der Waals surface area (Å²) < 4.78 is 11.4. The van der Waals surface area contributed by atoms with Crippen molar-refractivity contribution in [3.8, 4) is 5.75 Å². The SMILES string of the molecule is CCNC(=NCc1ccccc1OCC)NCC1(NC(C)c2ccccc2)CCOCC1.I. The quantitative estimate of drug-likeness (QED) is 0.222. The Balaban J connectivity index is 0.00000385. The highest BCUT2D eigenvalue weighted by atomic mass is 127. The topological polar surface area (TPSA) is 66.9 Å². The number of hydrogen-bond acceptors (Lipinski definition) is 4. The Hall–Kier alpha value is -1.84. The van der Waals surface area contributed by atoms with Crippen molar-refractivity contribution in [1.82, 2.24) is 16.0 Å². The molecule has 2 aromatic carbocycles. The van der Waals surface area contributed by atoms with E-state index in [2.05, 4.69) is 66.2 Å². The maximum atomic E-state index is 5.75. The average Bonchev–Trinajstić information content (AvgIpc) is 2.83. The summed E-state index contributed by atoms with van der Waals surface area (Å²) in [5.41, 5.74) is 2.34. The molecule has 33 heavy (non-hydrogen) atoms. The lowest BCUT2D eigenvalue weighted by atomic mass is 9.88. The second-order valence-corrected chi connectivity index (χ2v) is 8.26. The molecule has 0 radical (unpaired) electrons. The highest BCUT2D eigenvalue weighted by Gasteiger charge is 2.34. The first kappa shape index (κ1) is 27.4. The molecule has 1 heterocycles. The van der Waals surface area contributed by atoms with Crippen LogP contribution in [0.3, 0.4) is 0 Å². The molecule has 1 aliphatic heterocycles. The number of rotatable bonds is 10. The molecule has 1 aliphatic rings. The molecule has 0 amide bonds. The molecular formula is C26H39IN4O2. The van der Waals surface area contributed by atoms with Gasteiger partial charge in [-0.15, -0.1) is 24.0 Å². The van der Waals surface area contributed by atoms with Crippen molar-refractivity contribution in [3.05, 3.63) is 65.7 Å². The highest BCUT2D eigenvalue weighted by Crippen LogP contribution is 2.25. The average molecular weight is 567 g/mol. The van der Waals surface area contributed by atoms with Gasteiger partial charge in [0.1, 0.15) is 5.75 Å². The normalized spacial score (nSPS) is 16.4. The molecule has 2 aromatic rings. The molecule has 0 saturated carbocycles. The van der Waals surface area contributed by atoms with Crippen LogP contribution in [0.4, 0.5) is 0 Å². The lowest BCUT2D eigenvalue weighted by Crippen LogP contribution is -2.58. The summed E-state index contributed by atoms with van der Waals surface area (Å²) in [5.74, 6) is 1.72. The van der Waals surface area contributed by atoms with Crippen LogP contribution in [0.25, 0.3) is 0 Å². The van der Waals surface area contributed by atoms with E-state index in [1.807, 2.05) is 25.1 Å². The molecule has 1 unspecified atom stereocenters. The number of aliphatic imine (C=N–C) groups is 1. The minimum absolute atomic E-state index is 0. The van der Waals surface area contributed by atoms with Gasteiger partial charge >= 0.3 is 0 Å². The summed E-state index contributed by atoms with van der Waals surface area (Å²) in [6.07, 6.45) is 1.92. The first-order valence-electron chi connectivity index (χ1n) is 11.8. The first-order chi connectivity index (χ1) is 15.7. The van der Waals surface area contributed by atoms with Crippen LogP contribution in [0, 0.1) is 0 Å². The van der Waals surface area contributed by atoms with Crippen LogP contribution in [-0.4, -0.2) is 44.4 Å². The van der Waals surface area contributed by atoms with E-state index in [-0.39, 0.29) is 35.6 Å². The number of nitrogens with one attached hydrogen (secondary N) is 3. The predicted octanol–water partition coefficient (Wildman–Crippen LogP) is 4.66. The van der Waals surface area contributed by atoms with Gasteiger partial charge in [0.05, 0.1) is 13.2 Å². The van der Waals surface area contributed by atoms with Gasteiger partial charge in [0, 0.05) is 43.4 Å². The van der Waals surface area contributed by atoms with Crippen LogP contribution in [0.1, 0.15) is 50.8 Å². The Morgan fingerprint density at radius 2 is 1.73 bits per heavy atom. The van der Waals surface area contributed by atoms with Gasteiger partial charge in [-0.1, -0.05) is 48.5 Å². The molecule has 3 rings (SSSR count). The zero-order valence-electron chi connectivity index (χ0n) is 20.1. The van der Waals surface area contributed by atoms with Crippen molar-refractivity contribution < 1.29 is 9.47 Å². The number of halogens is 1. The summed E-state index contributed by atoms with van der Waals surface area (Å²) in [4.78, 5) is 4.83. The first-order valence-corrected chi connectivity index (χ1v) is 11.8. The third-order valence-electron chi connectivity index (χ3n) is 5.89. The predicted molar refractivity (Wildman–Crippen MR) is 147 cm³/mol. The van der Waals surface area contributed by atoms with E-state index in [1.165, 1.54) is 5.56 Å². The van der Waals surface area contributed by atoms with Crippen LogP contribution >= 0.6 is 24.0 Å². The lowest BCUT2D eigenvalue weighted by Gasteiger charge is -2.41. The Labute approximate surface area is 216 Å². The molecule has 1 fully saturated rings. The van der Waals surface area contributed by atoms with Crippen LogP contribution in [0.5, 0.6) is 5.75 Å². The van der Waals surface area contributed by atoms with E-state index in [4.69, 9.17) is 14.5 Å². The number of hydrogen-bond donors (Lipinski definition) is 3. The van der Waals surface area contributed by atoms with Gasteiger partial charge in [0.25, 0.3) is 0 Å². The van der Waals surface area contributed by atoms with Gasteiger partial charge < -0.3 is 25.4 Å². The Kier molecular flexibility index (Phi) is 12.0. The molecule has 1 atom stereocenters. The van der Waals surface area contributed by atoms with Gasteiger partial charge in [-0.05, 0) is 45.2 Å². The summed E-state index contributed by atoms with van der Waals surface area (Å²) in [6, 6.07) is 19.0. The van der Waals surface area contributed by atoms with Crippen LogP contribution in [0.15, 0.2) is 59.6 Å². The van der Waals surface area contributed by atoms with Gasteiger partial charge in [-0.25, -0.2) is 4.99 Å². The van der Waals surface area contributed by atoms with E-state index in [0.717, 1.165) is 56.4 Å². The molecule has 6 nitrogen and oxygen atoms in total. The van der Waals surface area contributed by atoms with E-state index < -0.39 is 0 Å². The molecule has 0 bridgehead atoms. The van der Waals surface area contributed by atoms with Crippen molar-refractivity contribution in [2.75, 3.05) is 32.9 Å². The van der Waals surface area contributed by atoms with E-state index in [0.29, 0.717) is 13.2 Å². The van der Waals surface area contributed by atoms with Crippen LogP contribution in [-0.2, 0) is 11.3 Å². The zero-order chi connectivity index (χ0) is 22.7.